The molecule has 0 unspecified atom stereocenters. The second kappa shape index (κ2) is 5.62. The van der Waals surface area contributed by atoms with E-state index >= 15 is 0 Å². The lowest BCUT2D eigenvalue weighted by atomic mass is 9.87. The van der Waals surface area contributed by atoms with E-state index in [1.165, 1.54) is 28.7 Å². The smallest absolute Gasteiger partial charge is 0.119 e. The van der Waals surface area contributed by atoms with Gasteiger partial charge >= 0.3 is 0 Å². The molecule has 2 aromatic rings. The van der Waals surface area contributed by atoms with Gasteiger partial charge < -0.3 is 9.47 Å². The topological polar surface area (TPSA) is 18.5 Å². The van der Waals surface area contributed by atoms with E-state index < -0.39 is 0 Å². The molecule has 0 spiro atoms. The summed E-state index contributed by atoms with van der Waals surface area (Å²) in [7, 11) is 3.43. The van der Waals surface area contributed by atoms with Gasteiger partial charge in [0, 0.05) is 11.8 Å². The Balaban J connectivity index is 1.83. The number of methoxy groups -OCH3 is 2. The van der Waals surface area contributed by atoms with Gasteiger partial charge in [-0.15, -0.1) is 0 Å². The van der Waals surface area contributed by atoms with Gasteiger partial charge in [-0.05, 0) is 53.0 Å². The second-order valence-electron chi connectivity index (χ2n) is 6.12. The van der Waals surface area contributed by atoms with Crippen LogP contribution >= 0.6 is 0 Å². The first-order valence-corrected chi connectivity index (χ1v) is 8.01. The second-order valence-corrected chi connectivity index (χ2v) is 6.12. The summed E-state index contributed by atoms with van der Waals surface area (Å²) < 4.78 is 10.7. The molecule has 0 fully saturated rings. The largest absolute Gasteiger partial charge is 0.497 e. The molecule has 0 aliphatic heterocycles. The first-order valence-electron chi connectivity index (χ1n) is 8.01. The van der Waals surface area contributed by atoms with Crippen LogP contribution < -0.4 is 9.47 Å². The summed E-state index contributed by atoms with van der Waals surface area (Å²) in [5.74, 6) is 2.85. The first-order chi connectivity index (χ1) is 11.3. The van der Waals surface area contributed by atoms with Gasteiger partial charge in [0.15, 0.2) is 0 Å². The van der Waals surface area contributed by atoms with Crippen LogP contribution in [0.5, 0.6) is 11.5 Å². The highest BCUT2D eigenvalue weighted by atomic mass is 16.5. The molecule has 0 aromatic heterocycles. The molecule has 2 nitrogen and oxygen atoms in total. The summed E-state index contributed by atoms with van der Waals surface area (Å²) in [6.07, 6.45) is 5.90. The van der Waals surface area contributed by atoms with Gasteiger partial charge in [0.05, 0.1) is 14.2 Å². The average Bonchev–Trinajstić information content (AvgIpc) is 3.23. The zero-order valence-electron chi connectivity index (χ0n) is 13.5. The van der Waals surface area contributed by atoms with Crippen molar-refractivity contribution in [3.63, 3.8) is 0 Å². The zero-order chi connectivity index (χ0) is 15.8. The number of allylic oxidation sites excluding steroid dienone is 4. The van der Waals surface area contributed by atoms with Crippen molar-refractivity contribution in [2.24, 2.45) is 11.8 Å². The lowest BCUT2D eigenvalue weighted by Gasteiger charge is -2.18. The summed E-state index contributed by atoms with van der Waals surface area (Å²) in [6.45, 7) is 0. The van der Waals surface area contributed by atoms with Crippen molar-refractivity contribution >= 4 is 11.1 Å². The van der Waals surface area contributed by atoms with Crippen LogP contribution in [0, 0.1) is 11.8 Å². The molecule has 2 bridgehead atoms. The quantitative estimate of drug-likeness (QED) is 0.754. The lowest BCUT2D eigenvalue weighted by molar-refractivity contribution is 0.414. The molecular weight excluding hydrogens is 284 g/mol. The fraction of sp³-hybridized carbons (Fsp3) is 0.238. The maximum absolute atomic E-state index is 5.41. The maximum Gasteiger partial charge on any atom is 0.119 e. The highest BCUT2D eigenvalue weighted by Crippen LogP contribution is 2.52. The van der Waals surface area contributed by atoms with Gasteiger partial charge in [-0.2, -0.15) is 0 Å². The fourth-order valence-corrected chi connectivity index (χ4v) is 3.83. The van der Waals surface area contributed by atoms with Crippen LogP contribution in [0.4, 0.5) is 0 Å². The standard InChI is InChI=1S/C21H20O2/c1-22-18-10-8-14(9-11-18)20-16-6-7-17(12-16)21(20)15-4-3-5-19(13-15)23-2/h3-11,13,16-17H,12H2,1-2H3/t16-,17+/m1/s1. The molecule has 0 saturated heterocycles. The van der Waals surface area contributed by atoms with Crippen molar-refractivity contribution in [1.29, 1.82) is 0 Å². The Morgan fingerprint density at radius 3 is 2.04 bits per heavy atom. The molecule has 0 N–H and O–H groups in total. The Hall–Kier alpha value is -2.48. The Bertz CT molecular complexity index is 784. The normalized spacial score (nSPS) is 21.8. The van der Waals surface area contributed by atoms with Gasteiger partial charge in [-0.1, -0.05) is 36.4 Å². The molecular formula is C21H20O2. The minimum Gasteiger partial charge on any atom is -0.497 e. The summed E-state index contributed by atoms with van der Waals surface area (Å²) in [4.78, 5) is 0. The van der Waals surface area contributed by atoms with E-state index in [0.29, 0.717) is 11.8 Å². The molecule has 0 heterocycles. The zero-order valence-corrected chi connectivity index (χ0v) is 13.5. The van der Waals surface area contributed by atoms with E-state index in [4.69, 9.17) is 9.47 Å². The van der Waals surface area contributed by atoms with Crippen molar-refractivity contribution in [2.75, 3.05) is 14.2 Å². The van der Waals surface area contributed by atoms with Crippen LogP contribution in [0.2, 0.25) is 0 Å². The van der Waals surface area contributed by atoms with Gasteiger partial charge in [-0.25, -0.2) is 0 Å². The third-order valence-corrected chi connectivity index (χ3v) is 4.90. The average molecular weight is 304 g/mol. The number of fused-ring (bicyclic) bond motifs is 2. The van der Waals surface area contributed by atoms with E-state index in [9.17, 15) is 0 Å². The van der Waals surface area contributed by atoms with Crippen molar-refractivity contribution in [3.8, 4) is 11.5 Å². The Morgan fingerprint density at radius 2 is 1.39 bits per heavy atom. The van der Waals surface area contributed by atoms with Gasteiger partial charge in [-0.3, -0.25) is 0 Å². The molecule has 0 saturated carbocycles. The molecule has 2 aromatic carbocycles. The maximum atomic E-state index is 5.41. The number of hydrogen-bond donors (Lipinski definition) is 0. The van der Waals surface area contributed by atoms with E-state index in [1.807, 2.05) is 18.2 Å². The van der Waals surface area contributed by atoms with Crippen molar-refractivity contribution in [2.45, 2.75) is 6.42 Å². The van der Waals surface area contributed by atoms with Crippen molar-refractivity contribution in [3.05, 3.63) is 71.8 Å². The predicted molar refractivity (Wildman–Crippen MR) is 93.5 cm³/mol. The Labute approximate surface area is 137 Å². The Kier molecular flexibility index (Phi) is 3.45. The summed E-state index contributed by atoms with van der Waals surface area (Å²) in [5.41, 5.74) is 5.46. The first kappa shape index (κ1) is 14.1. The number of hydrogen-bond acceptors (Lipinski definition) is 2. The molecule has 2 atom stereocenters. The van der Waals surface area contributed by atoms with Crippen molar-refractivity contribution < 1.29 is 9.47 Å². The SMILES string of the molecule is COc1ccc(C2=C(c3cccc(OC)c3)[C@H]3C=C[C@@H]2C3)cc1. The minimum absolute atomic E-state index is 0.518. The monoisotopic (exact) mass is 304 g/mol. The van der Waals surface area contributed by atoms with E-state index in [0.717, 1.165) is 11.5 Å². The summed E-state index contributed by atoms with van der Waals surface area (Å²) in [6, 6.07) is 16.8. The molecule has 0 amide bonds. The summed E-state index contributed by atoms with van der Waals surface area (Å²) in [5, 5.41) is 0. The summed E-state index contributed by atoms with van der Waals surface area (Å²) >= 11 is 0. The predicted octanol–water partition coefficient (Wildman–Crippen LogP) is 4.82. The number of ether oxygens (including phenoxy) is 2. The molecule has 116 valence electrons. The van der Waals surface area contributed by atoms with Crippen LogP contribution in [0.1, 0.15) is 17.5 Å². The van der Waals surface area contributed by atoms with Crippen LogP contribution in [-0.4, -0.2) is 14.2 Å². The highest BCUT2D eigenvalue weighted by Gasteiger charge is 2.36. The number of benzene rings is 2. The fourth-order valence-electron chi connectivity index (χ4n) is 3.83. The van der Waals surface area contributed by atoms with Gasteiger partial charge in [0.25, 0.3) is 0 Å². The third-order valence-electron chi connectivity index (χ3n) is 4.90. The minimum atomic E-state index is 0.518. The molecule has 2 aliphatic carbocycles. The van der Waals surface area contributed by atoms with Crippen LogP contribution in [0.25, 0.3) is 11.1 Å². The molecule has 2 aliphatic rings. The van der Waals surface area contributed by atoms with Gasteiger partial charge in [0.1, 0.15) is 11.5 Å². The van der Waals surface area contributed by atoms with Gasteiger partial charge in [0.2, 0.25) is 0 Å². The van der Waals surface area contributed by atoms with Crippen molar-refractivity contribution in [1.82, 2.24) is 0 Å². The van der Waals surface area contributed by atoms with Crippen LogP contribution in [0.3, 0.4) is 0 Å². The molecule has 23 heavy (non-hydrogen) atoms. The van der Waals surface area contributed by atoms with Crippen LogP contribution in [-0.2, 0) is 0 Å². The van der Waals surface area contributed by atoms with E-state index in [2.05, 4.69) is 42.5 Å². The van der Waals surface area contributed by atoms with E-state index in [1.54, 1.807) is 14.2 Å². The molecule has 4 rings (SSSR count). The Morgan fingerprint density at radius 1 is 0.739 bits per heavy atom. The molecule has 2 heteroatoms. The van der Waals surface area contributed by atoms with E-state index in [-0.39, 0.29) is 0 Å². The van der Waals surface area contributed by atoms with Crippen LogP contribution in [0.15, 0.2) is 60.7 Å². The lowest BCUT2D eigenvalue weighted by Crippen LogP contribution is -1.99. The third kappa shape index (κ3) is 2.35. The highest BCUT2D eigenvalue weighted by molar-refractivity contribution is 5.98. The number of rotatable bonds is 4. The molecule has 0 radical (unpaired) electrons.